The molecule has 1 atom stereocenters. The van der Waals surface area contributed by atoms with Gasteiger partial charge in [-0.25, -0.2) is 4.39 Å². The maximum atomic E-state index is 13.5. The SMILES string of the molecule is CCCCC(N)C(=O)Nc1cccc(Cl)c1F. The van der Waals surface area contributed by atoms with Crippen LogP contribution in [0.4, 0.5) is 10.1 Å². The Morgan fingerprint density at radius 1 is 1.59 bits per heavy atom. The number of carbonyl (C=O) groups excluding carboxylic acids is 1. The highest BCUT2D eigenvalue weighted by atomic mass is 35.5. The predicted octanol–water partition coefficient (Wildman–Crippen LogP) is 2.94. The quantitative estimate of drug-likeness (QED) is 0.853. The van der Waals surface area contributed by atoms with Gasteiger partial charge in [0.25, 0.3) is 0 Å². The van der Waals surface area contributed by atoms with Crippen LogP contribution in [0.5, 0.6) is 0 Å². The molecule has 0 aliphatic carbocycles. The van der Waals surface area contributed by atoms with E-state index in [-0.39, 0.29) is 16.6 Å². The van der Waals surface area contributed by atoms with E-state index in [1.54, 1.807) is 6.07 Å². The molecule has 0 aliphatic heterocycles. The van der Waals surface area contributed by atoms with Gasteiger partial charge in [0.05, 0.1) is 16.8 Å². The Labute approximate surface area is 105 Å². The zero-order valence-electron chi connectivity index (χ0n) is 9.67. The van der Waals surface area contributed by atoms with Gasteiger partial charge in [0.2, 0.25) is 5.91 Å². The molecule has 94 valence electrons. The number of halogens is 2. The van der Waals surface area contributed by atoms with Crippen molar-refractivity contribution in [3.8, 4) is 0 Å². The average Bonchev–Trinajstić information content (AvgIpc) is 2.31. The van der Waals surface area contributed by atoms with Crippen LogP contribution < -0.4 is 11.1 Å². The lowest BCUT2D eigenvalue weighted by Crippen LogP contribution is -2.35. The molecule has 0 spiro atoms. The van der Waals surface area contributed by atoms with Crippen LogP contribution in [0.2, 0.25) is 5.02 Å². The first kappa shape index (κ1) is 13.9. The fraction of sp³-hybridized carbons (Fsp3) is 0.417. The molecule has 3 nitrogen and oxygen atoms in total. The minimum atomic E-state index is -0.634. The van der Waals surface area contributed by atoms with Crippen LogP contribution in [0.1, 0.15) is 26.2 Å². The highest BCUT2D eigenvalue weighted by molar-refractivity contribution is 6.31. The molecule has 17 heavy (non-hydrogen) atoms. The fourth-order valence-electron chi connectivity index (χ4n) is 1.38. The van der Waals surface area contributed by atoms with Gasteiger partial charge in [-0.05, 0) is 18.6 Å². The predicted molar refractivity (Wildman–Crippen MR) is 67.5 cm³/mol. The van der Waals surface area contributed by atoms with Crippen molar-refractivity contribution in [1.82, 2.24) is 0 Å². The first-order valence-corrected chi connectivity index (χ1v) is 5.94. The number of hydrogen-bond acceptors (Lipinski definition) is 2. The van der Waals surface area contributed by atoms with Gasteiger partial charge in [-0.15, -0.1) is 0 Å². The van der Waals surface area contributed by atoms with Gasteiger partial charge < -0.3 is 11.1 Å². The number of benzene rings is 1. The maximum Gasteiger partial charge on any atom is 0.241 e. The van der Waals surface area contributed by atoms with Crippen molar-refractivity contribution >= 4 is 23.2 Å². The van der Waals surface area contributed by atoms with Crippen LogP contribution in [0.3, 0.4) is 0 Å². The Hall–Kier alpha value is -1.13. The van der Waals surface area contributed by atoms with Crippen molar-refractivity contribution < 1.29 is 9.18 Å². The molecule has 3 N–H and O–H groups in total. The summed E-state index contributed by atoms with van der Waals surface area (Å²) < 4.78 is 13.5. The van der Waals surface area contributed by atoms with Gasteiger partial charge >= 0.3 is 0 Å². The Balaban J connectivity index is 2.64. The van der Waals surface area contributed by atoms with Crippen LogP contribution in [-0.4, -0.2) is 11.9 Å². The Kier molecular flexibility index (Phi) is 5.38. The molecular weight excluding hydrogens is 243 g/mol. The highest BCUT2D eigenvalue weighted by Crippen LogP contribution is 2.22. The van der Waals surface area contributed by atoms with Crippen LogP contribution >= 0.6 is 11.6 Å². The molecule has 1 unspecified atom stereocenters. The number of unbranched alkanes of at least 4 members (excludes halogenated alkanes) is 1. The number of anilines is 1. The normalized spacial score (nSPS) is 12.2. The molecule has 0 aromatic heterocycles. The molecule has 1 rings (SSSR count). The summed E-state index contributed by atoms with van der Waals surface area (Å²) in [6.07, 6.45) is 2.42. The summed E-state index contributed by atoms with van der Waals surface area (Å²) in [7, 11) is 0. The Morgan fingerprint density at radius 3 is 2.94 bits per heavy atom. The molecular formula is C12H16ClFN2O. The van der Waals surface area contributed by atoms with Crippen molar-refractivity contribution in [2.45, 2.75) is 32.2 Å². The number of nitrogens with one attached hydrogen (secondary N) is 1. The Bertz CT molecular complexity index is 398. The second kappa shape index (κ2) is 6.57. The topological polar surface area (TPSA) is 55.1 Å². The Morgan fingerprint density at radius 2 is 2.29 bits per heavy atom. The third kappa shape index (κ3) is 3.98. The molecule has 0 aliphatic rings. The van der Waals surface area contributed by atoms with E-state index in [9.17, 15) is 9.18 Å². The molecule has 0 radical (unpaired) electrons. The van der Waals surface area contributed by atoms with E-state index in [1.165, 1.54) is 12.1 Å². The van der Waals surface area contributed by atoms with Gasteiger partial charge in [0, 0.05) is 0 Å². The minimum Gasteiger partial charge on any atom is -0.322 e. The van der Waals surface area contributed by atoms with E-state index in [0.717, 1.165) is 12.8 Å². The molecule has 0 saturated carbocycles. The lowest BCUT2D eigenvalue weighted by Gasteiger charge is -2.12. The van der Waals surface area contributed by atoms with E-state index >= 15 is 0 Å². The molecule has 0 bridgehead atoms. The van der Waals surface area contributed by atoms with Crippen molar-refractivity contribution in [1.29, 1.82) is 0 Å². The van der Waals surface area contributed by atoms with E-state index in [0.29, 0.717) is 6.42 Å². The summed E-state index contributed by atoms with van der Waals surface area (Å²) in [6.45, 7) is 2.02. The standard InChI is InChI=1S/C12H16ClFN2O/c1-2-3-6-9(15)12(17)16-10-7-4-5-8(13)11(10)14/h4-5,7,9H,2-3,6,15H2,1H3,(H,16,17). The zero-order valence-corrected chi connectivity index (χ0v) is 10.4. The molecule has 0 heterocycles. The fourth-order valence-corrected chi connectivity index (χ4v) is 1.56. The van der Waals surface area contributed by atoms with Crippen molar-refractivity contribution in [2.24, 2.45) is 5.73 Å². The lowest BCUT2D eigenvalue weighted by atomic mass is 10.1. The van der Waals surface area contributed by atoms with E-state index in [1.807, 2.05) is 6.92 Å². The van der Waals surface area contributed by atoms with Crippen LogP contribution in [0, 0.1) is 5.82 Å². The third-order valence-electron chi connectivity index (χ3n) is 2.41. The molecule has 1 amide bonds. The van der Waals surface area contributed by atoms with E-state index in [2.05, 4.69) is 5.32 Å². The summed E-state index contributed by atoms with van der Waals surface area (Å²) in [5.74, 6) is -1.02. The summed E-state index contributed by atoms with van der Waals surface area (Å²) in [5, 5.41) is 2.41. The molecule has 5 heteroatoms. The zero-order chi connectivity index (χ0) is 12.8. The monoisotopic (exact) mass is 258 g/mol. The second-order valence-electron chi connectivity index (χ2n) is 3.84. The smallest absolute Gasteiger partial charge is 0.241 e. The lowest BCUT2D eigenvalue weighted by molar-refractivity contribution is -0.117. The number of amides is 1. The second-order valence-corrected chi connectivity index (χ2v) is 4.25. The summed E-state index contributed by atoms with van der Waals surface area (Å²) in [4.78, 5) is 11.6. The minimum absolute atomic E-state index is 0.0232. The average molecular weight is 259 g/mol. The number of nitrogens with two attached hydrogens (primary N) is 1. The summed E-state index contributed by atoms with van der Waals surface area (Å²) in [5.41, 5.74) is 5.74. The molecule has 1 aromatic rings. The van der Waals surface area contributed by atoms with Gasteiger partial charge in [-0.1, -0.05) is 37.4 Å². The van der Waals surface area contributed by atoms with Crippen molar-refractivity contribution in [3.63, 3.8) is 0 Å². The highest BCUT2D eigenvalue weighted by Gasteiger charge is 2.15. The van der Waals surface area contributed by atoms with Crippen molar-refractivity contribution in [3.05, 3.63) is 29.0 Å². The van der Waals surface area contributed by atoms with E-state index < -0.39 is 11.9 Å². The van der Waals surface area contributed by atoms with Gasteiger partial charge in [-0.3, -0.25) is 4.79 Å². The number of carbonyl (C=O) groups is 1. The first-order chi connectivity index (χ1) is 8.06. The molecule has 0 fully saturated rings. The maximum absolute atomic E-state index is 13.5. The third-order valence-corrected chi connectivity index (χ3v) is 2.71. The van der Waals surface area contributed by atoms with E-state index in [4.69, 9.17) is 17.3 Å². The summed E-state index contributed by atoms with van der Waals surface area (Å²) in [6, 6.07) is 3.82. The van der Waals surface area contributed by atoms with Crippen LogP contribution in [0.25, 0.3) is 0 Å². The van der Waals surface area contributed by atoms with Crippen LogP contribution in [-0.2, 0) is 4.79 Å². The van der Waals surface area contributed by atoms with Crippen LogP contribution in [0.15, 0.2) is 18.2 Å². The summed E-state index contributed by atoms with van der Waals surface area (Å²) >= 11 is 5.60. The first-order valence-electron chi connectivity index (χ1n) is 5.56. The van der Waals surface area contributed by atoms with Gasteiger partial charge in [0.1, 0.15) is 0 Å². The molecule has 1 aromatic carbocycles. The number of rotatable bonds is 5. The molecule has 0 saturated heterocycles. The van der Waals surface area contributed by atoms with Gasteiger partial charge in [0.15, 0.2) is 5.82 Å². The van der Waals surface area contributed by atoms with Gasteiger partial charge in [-0.2, -0.15) is 0 Å². The van der Waals surface area contributed by atoms with Crippen molar-refractivity contribution in [2.75, 3.05) is 5.32 Å². The number of hydrogen-bond donors (Lipinski definition) is 2. The largest absolute Gasteiger partial charge is 0.322 e.